The molecule has 172 valence electrons. The Morgan fingerprint density at radius 2 is 1.88 bits per heavy atom. The summed E-state index contributed by atoms with van der Waals surface area (Å²) in [6, 6.07) is 15.0. The number of imidazole rings is 1. The number of benzene rings is 2. The number of pyridine rings is 1. The highest BCUT2D eigenvalue weighted by atomic mass is 16.5. The highest BCUT2D eigenvalue weighted by Gasteiger charge is 2.22. The van der Waals surface area contributed by atoms with Crippen LogP contribution in [0.1, 0.15) is 39.9 Å². The van der Waals surface area contributed by atoms with Crippen LogP contribution in [0.2, 0.25) is 0 Å². The third-order valence-corrected chi connectivity index (χ3v) is 6.08. The van der Waals surface area contributed by atoms with E-state index in [1.54, 1.807) is 18.2 Å². The predicted octanol–water partition coefficient (Wildman–Crippen LogP) is 5.78. The SMILES string of the molecule is CCc1nc2c(C)cc(C)nc2n1Cc1ccc(-c2oc3cccc(C(=O)O)c3c2OC)cc1. The Balaban J connectivity index is 1.54. The number of hydrogen-bond acceptors (Lipinski definition) is 5. The molecule has 5 aromatic rings. The lowest BCUT2D eigenvalue weighted by molar-refractivity contribution is 0.0699. The van der Waals surface area contributed by atoms with Crippen LogP contribution in [0, 0.1) is 13.8 Å². The number of ether oxygens (including phenoxy) is 1. The minimum Gasteiger partial charge on any atom is -0.492 e. The molecule has 0 bridgehead atoms. The summed E-state index contributed by atoms with van der Waals surface area (Å²) in [5, 5.41) is 10.0. The van der Waals surface area contributed by atoms with Crippen LogP contribution in [0.5, 0.6) is 5.75 Å². The number of furan rings is 1. The monoisotopic (exact) mass is 455 g/mol. The van der Waals surface area contributed by atoms with Gasteiger partial charge in [-0.25, -0.2) is 14.8 Å². The molecular weight excluding hydrogens is 430 g/mol. The lowest BCUT2D eigenvalue weighted by Gasteiger charge is -2.09. The molecule has 0 unspecified atom stereocenters. The second kappa shape index (κ2) is 8.33. The van der Waals surface area contributed by atoms with Gasteiger partial charge in [0.2, 0.25) is 0 Å². The molecule has 0 aliphatic carbocycles. The van der Waals surface area contributed by atoms with Crippen LogP contribution in [-0.4, -0.2) is 32.7 Å². The Kier molecular flexibility index (Phi) is 5.32. The predicted molar refractivity (Wildman–Crippen MR) is 131 cm³/mol. The number of aromatic carboxylic acids is 1. The second-order valence-corrected chi connectivity index (χ2v) is 8.37. The number of methoxy groups -OCH3 is 1. The zero-order valence-corrected chi connectivity index (χ0v) is 19.5. The fourth-order valence-corrected chi connectivity index (χ4v) is 4.51. The zero-order chi connectivity index (χ0) is 24.0. The summed E-state index contributed by atoms with van der Waals surface area (Å²) < 4.78 is 13.8. The van der Waals surface area contributed by atoms with Crippen molar-refractivity contribution in [2.24, 2.45) is 0 Å². The van der Waals surface area contributed by atoms with Gasteiger partial charge in [0.15, 0.2) is 17.2 Å². The van der Waals surface area contributed by atoms with Gasteiger partial charge in [0.25, 0.3) is 0 Å². The van der Waals surface area contributed by atoms with Crippen LogP contribution < -0.4 is 4.74 Å². The van der Waals surface area contributed by atoms with Gasteiger partial charge in [-0.15, -0.1) is 0 Å². The number of fused-ring (bicyclic) bond motifs is 2. The van der Waals surface area contributed by atoms with Gasteiger partial charge in [0.05, 0.1) is 24.6 Å². The Morgan fingerprint density at radius 3 is 2.56 bits per heavy atom. The molecule has 0 spiro atoms. The Bertz CT molecular complexity index is 1540. The summed E-state index contributed by atoms with van der Waals surface area (Å²) >= 11 is 0. The number of carboxylic acid groups (broad SMARTS) is 1. The van der Waals surface area contributed by atoms with E-state index in [0.717, 1.165) is 45.8 Å². The normalized spacial score (nSPS) is 11.4. The Labute approximate surface area is 196 Å². The molecule has 0 saturated heterocycles. The van der Waals surface area contributed by atoms with Gasteiger partial charge in [-0.3, -0.25) is 0 Å². The fraction of sp³-hybridized carbons (Fsp3) is 0.222. The number of hydrogen-bond donors (Lipinski definition) is 1. The molecule has 0 atom stereocenters. The first-order valence-electron chi connectivity index (χ1n) is 11.2. The average molecular weight is 456 g/mol. The van der Waals surface area contributed by atoms with E-state index in [2.05, 4.69) is 24.5 Å². The first-order chi connectivity index (χ1) is 16.4. The molecule has 0 aliphatic rings. The number of nitrogens with zero attached hydrogens (tertiary/aromatic N) is 3. The Morgan fingerprint density at radius 1 is 1.12 bits per heavy atom. The third-order valence-electron chi connectivity index (χ3n) is 6.08. The summed E-state index contributed by atoms with van der Waals surface area (Å²) in [7, 11) is 1.52. The molecule has 7 nitrogen and oxygen atoms in total. The lowest BCUT2D eigenvalue weighted by atomic mass is 10.1. The second-order valence-electron chi connectivity index (χ2n) is 8.37. The van der Waals surface area contributed by atoms with Gasteiger partial charge >= 0.3 is 5.97 Å². The van der Waals surface area contributed by atoms with Gasteiger partial charge in [0, 0.05) is 17.7 Å². The summed E-state index contributed by atoms with van der Waals surface area (Å²) in [5.41, 5.74) is 6.48. The molecule has 34 heavy (non-hydrogen) atoms. The smallest absolute Gasteiger partial charge is 0.336 e. The van der Waals surface area contributed by atoms with Crippen molar-refractivity contribution in [3.8, 4) is 17.1 Å². The highest BCUT2D eigenvalue weighted by molar-refractivity contribution is 6.07. The third kappa shape index (κ3) is 3.50. The van der Waals surface area contributed by atoms with Crippen LogP contribution >= 0.6 is 0 Å². The van der Waals surface area contributed by atoms with E-state index in [1.165, 1.54) is 7.11 Å². The quantitative estimate of drug-likeness (QED) is 0.349. The molecule has 5 rings (SSSR count). The number of aryl methyl sites for hydroxylation is 3. The minimum atomic E-state index is -1.02. The lowest BCUT2D eigenvalue weighted by Crippen LogP contribution is -2.05. The zero-order valence-electron chi connectivity index (χ0n) is 19.5. The van der Waals surface area contributed by atoms with Crippen molar-refractivity contribution in [3.63, 3.8) is 0 Å². The van der Waals surface area contributed by atoms with Crippen molar-refractivity contribution in [1.29, 1.82) is 0 Å². The number of carbonyl (C=O) groups is 1. The molecule has 3 heterocycles. The Hall–Kier alpha value is -4.13. The maximum Gasteiger partial charge on any atom is 0.336 e. The van der Waals surface area contributed by atoms with Crippen molar-refractivity contribution < 1.29 is 19.1 Å². The van der Waals surface area contributed by atoms with Crippen LogP contribution in [-0.2, 0) is 13.0 Å². The maximum absolute atomic E-state index is 11.7. The first kappa shape index (κ1) is 21.7. The molecule has 7 heteroatoms. The van der Waals surface area contributed by atoms with E-state index in [0.29, 0.717) is 29.0 Å². The van der Waals surface area contributed by atoms with Crippen molar-refractivity contribution in [2.75, 3.05) is 7.11 Å². The topological polar surface area (TPSA) is 90.4 Å². The fourth-order valence-electron chi connectivity index (χ4n) is 4.51. The van der Waals surface area contributed by atoms with E-state index < -0.39 is 5.97 Å². The molecule has 3 aromatic heterocycles. The molecular formula is C27H25N3O4. The van der Waals surface area contributed by atoms with Crippen LogP contribution in [0.3, 0.4) is 0 Å². The molecule has 0 radical (unpaired) electrons. The molecule has 0 amide bonds. The maximum atomic E-state index is 11.7. The van der Waals surface area contributed by atoms with E-state index in [1.807, 2.05) is 31.2 Å². The van der Waals surface area contributed by atoms with E-state index in [4.69, 9.17) is 19.1 Å². The highest BCUT2D eigenvalue weighted by Crippen LogP contribution is 2.41. The first-order valence-corrected chi connectivity index (χ1v) is 11.2. The standard InChI is InChI=1S/C27H25N3O4/c1-5-21-29-23-15(2)13-16(3)28-26(23)30(21)14-17-9-11-18(12-10-17)24-25(33-4)22-19(27(31)32)7-6-8-20(22)34-24/h6-13H,5,14H2,1-4H3,(H,31,32). The van der Waals surface area contributed by atoms with Crippen molar-refractivity contribution in [2.45, 2.75) is 33.7 Å². The van der Waals surface area contributed by atoms with Crippen molar-refractivity contribution in [3.05, 3.63) is 76.7 Å². The molecule has 0 aliphatic heterocycles. The van der Waals surface area contributed by atoms with Crippen LogP contribution in [0.25, 0.3) is 33.5 Å². The molecule has 2 aromatic carbocycles. The summed E-state index contributed by atoms with van der Waals surface area (Å²) in [6.45, 7) is 6.82. The van der Waals surface area contributed by atoms with Gasteiger partial charge < -0.3 is 18.8 Å². The average Bonchev–Trinajstić information content (AvgIpc) is 3.37. The summed E-state index contributed by atoms with van der Waals surface area (Å²) in [4.78, 5) is 21.3. The number of carboxylic acids is 1. The van der Waals surface area contributed by atoms with E-state index in [9.17, 15) is 9.90 Å². The van der Waals surface area contributed by atoms with Crippen LogP contribution in [0.4, 0.5) is 0 Å². The van der Waals surface area contributed by atoms with E-state index >= 15 is 0 Å². The minimum absolute atomic E-state index is 0.151. The molecule has 1 N–H and O–H groups in total. The van der Waals surface area contributed by atoms with Gasteiger partial charge in [-0.2, -0.15) is 0 Å². The van der Waals surface area contributed by atoms with Gasteiger partial charge in [-0.05, 0) is 43.2 Å². The largest absolute Gasteiger partial charge is 0.492 e. The summed E-state index contributed by atoms with van der Waals surface area (Å²) in [5.74, 6) is 0.906. The van der Waals surface area contributed by atoms with Gasteiger partial charge in [-0.1, -0.05) is 37.3 Å². The number of rotatable bonds is 6. The van der Waals surface area contributed by atoms with Gasteiger partial charge in [0.1, 0.15) is 16.9 Å². The number of aromatic nitrogens is 3. The molecule has 0 saturated carbocycles. The van der Waals surface area contributed by atoms with Crippen molar-refractivity contribution in [1.82, 2.24) is 14.5 Å². The van der Waals surface area contributed by atoms with Crippen LogP contribution in [0.15, 0.2) is 52.9 Å². The summed E-state index contributed by atoms with van der Waals surface area (Å²) in [6.07, 6.45) is 0.815. The van der Waals surface area contributed by atoms with E-state index in [-0.39, 0.29) is 5.56 Å². The molecule has 0 fully saturated rings. The van der Waals surface area contributed by atoms with Crippen molar-refractivity contribution >= 4 is 28.1 Å².